The lowest BCUT2D eigenvalue weighted by molar-refractivity contribution is -0.119. The van der Waals surface area contributed by atoms with Crippen LogP contribution in [0.4, 0.5) is 0 Å². The first-order valence-corrected chi connectivity index (χ1v) is 8.50. The van der Waals surface area contributed by atoms with Gasteiger partial charge in [0.25, 0.3) is 0 Å². The highest BCUT2D eigenvalue weighted by Gasteiger charge is 2.17. The molecule has 2 N–H and O–H groups in total. The molecular weight excluding hydrogens is 284 g/mol. The minimum Gasteiger partial charge on any atom is -0.496 e. The molecule has 1 aromatic carbocycles. The third kappa shape index (κ3) is 4.93. The summed E-state index contributed by atoms with van der Waals surface area (Å²) in [7, 11) is 1.65. The van der Waals surface area contributed by atoms with Crippen LogP contribution in [0.25, 0.3) is 0 Å². The Kier molecular flexibility index (Phi) is 6.39. The van der Waals surface area contributed by atoms with Crippen LogP contribution in [0.1, 0.15) is 31.4 Å². The molecule has 1 fully saturated rings. The lowest BCUT2D eigenvalue weighted by Gasteiger charge is -2.22. The number of hydrogen-bond acceptors (Lipinski definition) is 4. The Morgan fingerprint density at radius 3 is 2.86 bits per heavy atom. The number of carbonyl (C=O) groups is 1. The third-order valence-corrected chi connectivity index (χ3v) is 5.09. The van der Waals surface area contributed by atoms with Crippen molar-refractivity contribution in [3.8, 4) is 5.75 Å². The van der Waals surface area contributed by atoms with Crippen LogP contribution < -0.4 is 15.4 Å². The zero-order valence-corrected chi connectivity index (χ0v) is 13.5. The fraction of sp³-hybridized carbons (Fsp3) is 0.562. The molecule has 1 heterocycles. The average molecular weight is 308 g/mol. The van der Waals surface area contributed by atoms with Crippen molar-refractivity contribution in [2.75, 3.05) is 26.0 Å². The number of carbonyl (C=O) groups excluding carboxylic acids is 1. The molecule has 1 saturated heterocycles. The monoisotopic (exact) mass is 308 g/mol. The molecule has 5 heteroatoms. The van der Waals surface area contributed by atoms with E-state index in [-0.39, 0.29) is 11.9 Å². The van der Waals surface area contributed by atoms with Crippen LogP contribution in [0.15, 0.2) is 24.3 Å². The molecule has 1 aromatic rings. The SMILES string of the molecule is COc1ccccc1C(C)NC(=O)CSC1CCNCC1. The summed E-state index contributed by atoms with van der Waals surface area (Å²) in [4.78, 5) is 12.1. The molecule has 0 bridgehead atoms. The predicted molar refractivity (Wildman–Crippen MR) is 87.9 cm³/mol. The van der Waals surface area contributed by atoms with Crippen LogP contribution in [0.3, 0.4) is 0 Å². The lowest BCUT2D eigenvalue weighted by Crippen LogP contribution is -2.32. The number of rotatable bonds is 6. The maximum absolute atomic E-state index is 12.1. The standard InChI is InChI=1S/C16H24N2O2S/c1-12(14-5-3-4-6-15(14)20-2)18-16(19)11-21-13-7-9-17-10-8-13/h3-6,12-13,17H,7-11H2,1-2H3,(H,18,19). The highest BCUT2D eigenvalue weighted by atomic mass is 32.2. The highest BCUT2D eigenvalue weighted by molar-refractivity contribution is 8.00. The van der Waals surface area contributed by atoms with Crippen molar-refractivity contribution in [2.24, 2.45) is 0 Å². The Morgan fingerprint density at radius 1 is 1.43 bits per heavy atom. The molecule has 2 rings (SSSR count). The Morgan fingerprint density at radius 2 is 2.14 bits per heavy atom. The fourth-order valence-electron chi connectivity index (χ4n) is 2.54. The van der Waals surface area contributed by atoms with Gasteiger partial charge in [-0.1, -0.05) is 18.2 Å². The van der Waals surface area contributed by atoms with Crippen molar-refractivity contribution in [1.29, 1.82) is 0 Å². The van der Waals surface area contributed by atoms with Crippen LogP contribution in [0, 0.1) is 0 Å². The minimum atomic E-state index is -0.0396. The molecule has 116 valence electrons. The van der Waals surface area contributed by atoms with E-state index < -0.39 is 0 Å². The number of hydrogen-bond donors (Lipinski definition) is 2. The van der Waals surface area contributed by atoms with Gasteiger partial charge in [-0.2, -0.15) is 0 Å². The van der Waals surface area contributed by atoms with Gasteiger partial charge in [0.05, 0.1) is 18.9 Å². The number of methoxy groups -OCH3 is 1. The first-order chi connectivity index (χ1) is 10.2. The smallest absolute Gasteiger partial charge is 0.230 e. The lowest BCUT2D eigenvalue weighted by atomic mass is 10.1. The normalized spacial score (nSPS) is 17.2. The fourth-order valence-corrected chi connectivity index (χ4v) is 3.58. The summed E-state index contributed by atoms with van der Waals surface area (Å²) in [5, 5.41) is 7.01. The molecule has 0 aromatic heterocycles. The van der Waals surface area contributed by atoms with Gasteiger partial charge in [-0.25, -0.2) is 0 Å². The van der Waals surface area contributed by atoms with Crippen molar-refractivity contribution in [2.45, 2.75) is 31.1 Å². The zero-order valence-electron chi connectivity index (χ0n) is 12.7. The second-order valence-corrected chi connectivity index (χ2v) is 6.58. The molecule has 21 heavy (non-hydrogen) atoms. The quantitative estimate of drug-likeness (QED) is 0.847. The van der Waals surface area contributed by atoms with E-state index in [1.807, 2.05) is 31.2 Å². The minimum absolute atomic E-state index is 0.0396. The summed E-state index contributed by atoms with van der Waals surface area (Å²) in [5.74, 6) is 1.44. The summed E-state index contributed by atoms with van der Waals surface area (Å²) in [5.41, 5.74) is 1.01. The zero-order chi connectivity index (χ0) is 15.1. The highest BCUT2D eigenvalue weighted by Crippen LogP contribution is 2.25. The Hall–Kier alpha value is -1.20. The summed E-state index contributed by atoms with van der Waals surface area (Å²) in [6, 6.07) is 7.77. The van der Waals surface area contributed by atoms with Crippen molar-refractivity contribution < 1.29 is 9.53 Å². The second-order valence-electron chi connectivity index (χ2n) is 5.29. The van der Waals surface area contributed by atoms with E-state index in [1.54, 1.807) is 18.9 Å². The van der Waals surface area contributed by atoms with Gasteiger partial charge in [0.1, 0.15) is 5.75 Å². The van der Waals surface area contributed by atoms with Crippen molar-refractivity contribution in [3.05, 3.63) is 29.8 Å². The number of benzene rings is 1. The van der Waals surface area contributed by atoms with Gasteiger partial charge in [-0.15, -0.1) is 11.8 Å². The summed E-state index contributed by atoms with van der Waals surface area (Å²) in [6.07, 6.45) is 2.31. The van der Waals surface area contributed by atoms with Gasteiger partial charge in [0.15, 0.2) is 0 Å². The molecule has 1 amide bonds. The average Bonchev–Trinajstić information content (AvgIpc) is 2.53. The van der Waals surface area contributed by atoms with E-state index in [0.717, 1.165) is 37.2 Å². The van der Waals surface area contributed by atoms with E-state index >= 15 is 0 Å². The van der Waals surface area contributed by atoms with Gasteiger partial charge >= 0.3 is 0 Å². The van der Waals surface area contributed by atoms with Crippen molar-refractivity contribution in [1.82, 2.24) is 10.6 Å². The number of amides is 1. The van der Waals surface area contributed by atoms with Gasteiger partial charge in [-0.05, 0) is 38.9 Å². The molecule has 0 aliphatic carbocycles. The van der Waals surface area contributed by atoms with Crippen molar-refractivity contribution >= 4 is 17.7 Å². The molecular formula is C16H24N2O2S. The van der Waals surface area contributed by atoms with E-state index in [2.05, 4.69) is 10.6 Å². The number of ether oxygens (including phenoxy) is 1. The maximum Gasteiger partial charge on any atom is 0.230 e. The first-order valence-electron chi connectivity index (χ1n) is 7.45. The Labute approximate surface area is 131 Å². The van der Waals surface area contributed by atoms with Gasteiger partial charge in [-0.3, -0.25) is 4.79 Å². The predicted octanol–water partition coefficient (Wildman–Crippen LogP) is 2.36. The molecule has 1 aliphatic rings. The number of nitrogens with one attached hydrogen (secondary N) is 2. The van der Waals surface area contributed by atoms with E-state index in [0.29, 0.717) is 11.0 Å². The van der Waals surface area contributed by atoms with Gasteiger partial charge in [0, 0.05) is 10.8 Å². The molecule has 0 saturated carbocycles. The molecule has 4 nitrogen and oxygen atoms in total. The Balaban J connectivity index is 1.81. The Bertz CT molecular complexity index is 461. The van der Waals surface area contributed by atoms with E-state index in [1.165, 1.54) is 0 Å². The summed E-state index contributed by atoms with van der Waals surface area (Å²) >= 11 is 1.77. The third-order valence-electron chi connectivity index (χ3n) is 3.72. The second kappa shape index (κ2) is 8.29. The summed E-state index contributed by atoms with van der Waals surface area (Å²) < 4.78 is 5.34. The van der Waals surface area contributed by atoms with Crippen molar-refractivity contribution in [3.63, 3.8) is 0 Å². The summed E-state index contributed by atoms with van der Waals surface area (Å²) in [6.45, 7) is 4.12. The number of piperidine rings is 1. The molecule has 1 aliphatic heterocycles. The van der Waals surface area contributed by atoms with Crippen LogP contribution in [0.2, 0.25) is 0 Å². The van der Waals surface area contributed by atoms with E-state index in [9.17, 15) is 4.79 Å². The number of thioether (sulfide) groups is 1. The first kappa shape index (κ1) is 16.2. The van der Waals surface area contributed by atoms with Crippen LogP contribution in [0.5, 0.6) is 5.75 Å². The van der Waals surface area contributed by atoms with Gasteiger partial charge in [0.2, 0.25) is 5.91 Å². The van der Waals surface area contributed by atoms with Crippen LogP contribution >= 0.6 is 11.8 Å². The molecule has 1 unspecified atom stereocenters. The number of para-hydroxylation sites is 1. The maximum atomic E-state index is 12.1. The van der Waals surface area contributed by atoms with Gasteiger partial charge < -0.3 is 15.4 Å². The topological polar surface area (TPSA) is 50.4 Å². The van der Waals surface area contributed by atoms with Crippen LogP contribution in [-0.4, -0.2) is 37.1 Å². The molecule has 0 spiro atoms. The van der Waals surface area contributed by atoms with E-state index in [4.69, 9.17) is 4.74 Å². The molecule has 1 atom stereocenters. The molecule has 0 radical (unpaired) electrons. The van der Waals surface area contributed by atoms with Crippen LogP contribution in [-0.2, 0) is 4.79 Å². The largest absolute Gasteiger partial charge is 0.496 e.